The lowest BCUT2D eigenvalue weighted by atomic mass is 9.75. The average molecular weight is 264 g/mol. The van der Waals surface area contributed by atoms with Crippen molar-refractivity contribution in [1.82, 2.24) is 9.97 Å². The zero-order chi connectivity index (χ0) is 13.2. The number of aromatic nitrogens is 2. The van der Waals surface area contributed by atoms with E-state index in [4.69, 9.17) is 18.0 Å². The third-order valence-electron chi connectivity index (χ3n) is 3.66. The Labute approximate surface area is 113 Å². The van der Waals surface area contributed by atoms with E-state index in [2.05, 4.69) is 29.1 Å². The van der Waals surface area contributed by atoms with Crippen molar-refractivity contribution in [2.24, 2.45) is 11.1 Å². The quantitative estimate of drug-likeness (QED) is 0.821. The molecule has 3 N–H and O–H groups in total. The first-order valence-corrected chi connectivity index (χ1v) is 6.75. The van der Waals surface area contributed by atoms with Gasteiger partial charge in [0, 0.05) is 12.2 Å². The van der Waals surface area contributed by atoms with Crippen molar-refractivity contribution < 1.29 is 0 Å². The van der Waals surface area contributed by atoms with Gasteiger partial charge in [0.25, 0.3) is 0 Å². The maximum Gasteiger partial charge on any atom is 0.139 e. The summed E-state index contributed by atoms with van der Waals surface area (Å²) >= 11 is 5.01. The fourth-order valence-electron chi connectivity index (χ4n) is 2.36. The molecule has 0 saturated heterocycles. The van der Waals surface area contributed by atoms with Crippen LogP contribution in [0.25, 0.3) is 0 Å². The van der Waals surface area contributed by atoms with Gasteiger partial charge in [-0.1, -0.05) is 26.1 Å². The largest absolute Gasteiger partial charge is 0.389 e. The van der Waals surface area contributed by atoms with Crippen LogP contribution in [-0.2, 0) is 0 Å². The fraction of sp³-hybridized carbons (Fsp3) is 0.615. The summed E-state index contributed by atoms with van der Waals surface area (Å²) in [5.74, 6) is 0.766. The van der Waals surface area contributed by atoms with Crippen molar-refractivity contribution >= 4 is 23.0 Å². The van der Waals surface area contributed by atoms with Crippen LogP contribution in [0.4, 0.5) is 5.82 Å². The first kappa shape index (κ1) is 13.2. The lowest BCUT2D eigenvalue weighted by Gasteiger charge is -2.35. The number of hydrogen-bond donors (Lipinski definition) is 2. The molecule has 1 fully saturated rings. The smallest absolute Gasteiger partial charge is 0.139 e. The lowest BCUT2D eigenvalue weighted by Crippen LogP contribution is -2.31. The van der Waals surface area contributed by atoms with Crippen LogP contribution in [0.3, 0.4) is 0 Å². The van der Waals surface area contributed by atoms with E-state index in [0.29, 0.717) is 16.4 Å². The van der Waals surface area contributed by atoms with Crippen LogP contribution >= 0.6 is 12.2 Å². The Kier molecular flexibility index (Phi) is 3.80. The molecule has 0 bridgehead atoms. The van der Waals surface area contributed by atoms with E-state index in [1.807, 2.05) is 0 Å². The Morgan fingerprint density at radius 3 is 2.72 bits per heavy atom. The maximum absolute atomic E-state index is 5.67. The minimum Gasteiger partial charge on any atom is -0.389 e. The maximum atomic E-state index is 5.67. The van der Waals surface area contributed by atoms with Crippen molar-refractivity contribution in [3.8, 4) is 0 Å². The van der Waals surface area contributed by atoms with Gasteiger partial charge in [-0.2, -0.15) is 0 Å². The van der Waals surface area contributed by atoms with Crippen LogP contribution in [-0.4, -0.2) is 21.0 Å². The zero-order valence-electron chi connectivity index (χ0n) is 10.9. The monoisotopic (exact) mass is 264 g/mol. The fourth-order valence-corrected chi connectivity index (χ4v) is 2.51. The Morgan fingerprint density at radius 1 is 1.44 bits per heavy atom. The molecule has 1 aliphatic carbocycles. The molecule has 1 heterocycles. The number of rotatable bonds is 3. The zero-order valence-corrected chi connectivity index (χ0v) is 11.8. The predicted molar refractivity (Wildman–Crippen MR) is 77.6 cm³/mol. The van der Waals surface area contributed by atoms with Gasteiger partial charge in [-0.05, 0) is 31.1 Å². The summed E-state index contributed by atoms with van der Waals surface area (Å²) in [5.41, 5.74) is 6.88. The molecule has 1 aromatic heterocycles. The van der Waals surface area contributed by atoms with Crippen LogP contribution in [0.2, 0.25) is 0 Å². The van der Waals surface area contributed by atoms with E-state index in [0.717, 1.165) is 24.2 Å². The molecule has 1 aliphatic rings. The van der Waals surface area contributed by atoms with Gasteiger partial charge in [0.2, 0.25) is 0 Å². The van der Waals surface area contributed by atoms with Gasteiger partial charge in [0.1, 0.15) is 17.1 Å². The molecule has 1 saturated carbocycles. The summed E-state index contributed by atoms with van der Waals surface area (Å²) in [7, 11) is 0. The Hall–Kier alpha value is -1.23. The molecule has 0 unspecified atom stereocenters. The van der Waals surface area contributed by atoms with E-state index < -0.39 is 0 Å². The summed E-state index contributed by atoms with van der Waals surface area (Å²) in [6.45, 7) is 4.66. The molecule has 18 heavy (non-hydrogen) atoms. The highest BCUT2D eigenvalue weighted by atomic mass is 32.1. The van der Waals surface area contributed by atoms with Gasteiger partial charge in [-0.25, -0.2) is 9.97 Å². The van der Waals surface area contributed by atoms with Crippen molar-refractivity contribution in [3.63, 3.8) is 0 Å². The molecular weight excluding hydrogens is 244 g/mol. The SMILES string of the molecule is CC1(C)CCC(Nc2ncncc2C(N)=S)CC1. The van der Waals surface area contributed by atoms with Gasteiger partial charge < -0.3 is 11.1 Å². The number of nitrogens with two attached hydrogens (primary N) is 1. The highest BCUT2D eigenvalue weighted by Crippen LogP contribution is 2.36. The van der Waals surface area contributed by atoms with Crippen LogP contribution in [0.5, 0.6) is 0 Å². The average Bonchev–Trinajstić information content (AvgIpc) is 2.32. The number of nitrogens with zero attached hydrogens (tertiary/aromatic N) is 2. The Balaban J connectivity index is 2.04. The normalized spacial score (nSPS) is 19.4. The van der Waals surface area contributed by atoms with Crippen molar-refractivity contribution in [3.05, 3.63) is 18.1 Å². The van der Waals surface area contributed by atoms with E-state index in [-0.39, 0.29) is 0 Å². The third kappa shape index (κ3) is 3.16. The highest BCUT2D eigenvalue weighted by Gasteiger charge is 2.27. The number of thiocarbonyl (C=S) groups is 1. The highest BCUT2D eigenvalue weighted by molar-refractivity contribution is 7.80. The second-order valence-corrected chi connectivity index (χ2v) is 6.17. The number of anilines is 1. The molecule has 98 valence electrons. The van der Waals surface area contributed by atoms with E-state index in [1.165, 1.54) is 19.2 Å². The van der Waals surface area contributed by atoms with Crippen LogP contribution in [0.1, 0.15) is 45.1 Å². The number of nitrogens with one attached hydrogen (secondary N) is 1. The van der Waals surface area contributed by atoms with Crippen molar-refractivity contribution in [1.29, 1.82) is 0 Å². The van der Waals surface area contributed by atoms with E-state index >= 15 is 0 Å². The van der Waals surface area contributed by atoms with Gasteiger partial charge in [-0.15, -0.1) is 0 Å². The van der Waals surface area contributed by atoms with Crippen molar-refractivity contribution in [2.45, 2.75) is 45.6 Å². The van der Waals surface area contributed by atoms with Gasteiger partial charge in [-0.3, -0.25) is 0 Å². The summed E-state index contributed by atoms with van der Waals surface area (Å²) in [6, 6.07) is 0.459. The minimum absolute atomic E-state index is 0.342. The van der Waals surface area contributed by atoms with Gasteiger partial charge >= 0.3 is 0 Å². The molecule has 0 spiro atoms. The molecule has 0 aliphatic heterocycles. The van der Waals surface area contributed by atoms with Crippen LogP contribution in [0.15, 0.2) is 12.5 Å². The standard InChI is InChI=1S/C13H20N4S/c1-13(2)5-3-9(4-6-13)17-12-10(11(14)18)7-15-8-16-12/h7-9H,3-6H2,1-2H3,(H2,14,18)(H,15,16,17). The topological polar surface area (TPSA) is 63.8 Å². The molecule has 0 amide bonds. The molecule has 0 atom stereocenters. The summed E-state index contributed by atoms with van der Waals surface area (Å²) in [4.78, 5) is 8.55. The van der Waals surface area contributed by atoms with E-state index in [9.17, 15) is 0 Å². The molecule has 0 radical (unpaired) electrons. The Morgan fingerprint density at radius 2 is 2.11 bits per heavy atom. The first-order valence-electron chi connectivity index (χ1n) is 6.34. The minimum atomic E-state index is 0.342. The van der Waals surface area contributed by atoms with Gasteiger partial charge in [0.05, 0.1) is 5.56 Å². The third-order valence-corrected chi connectivity index (χ3v) is 3.88. The van der Waals surface area contributed by atoms with Crippen LogP contribution in [0, 0.1) is 5.41 Å². The molecular formula is C13H20N4S. The van der Waals surface area contributed by atoms with Crippen molar-refractivity contribution in [2.75, 3.05) is 5.32 Å². The molecule has 4 nitrogen and oxygen atoms in total. The second-order valence-electron chi connectivity index (χ2n) is 5.73. The Bertz CT molecular complexity index is 434. The predicted octanol–water partition coefficient (Wildman–Crippen LogP) is 2.49. The lowest BCUT2D eigenvalue weighted by molar-refractivity contribution is 0.232. The summed E-state index contributed by atoms with van der Waals surface area (Å²) in [6.07, 6.45) is 7.99. The first-order chi connectivity index (χ1) is 8.48. The van der Waals surface area contributed by atoms with Crippen LogP contribution < -0.4 is 11.1 Å². The summed E-state index contributed by atoms with van der Waals surface area (Å²) < 4.78 is 0. The molecule has 1 aromatic rings. The molecule has 2 rings (SSSR count). The summed E-state index contributed by atoms with van der Waals surface area (Å²) in [5, 5.41) is 3.45. The van der Waals surface area contributed by atoms with Gasteiger partial charge in [0.15, 0.2) is 0 Å². The number of hydrogen-bond acceptors (Lipinski definition) is 4. The molecule has 0 aromatic carbocycles. The molecule has 5 heteroatoms. The second kappa shape index (κ2) is 5.18. The van der Waals surface area contributed by atoms with E-state index in [1.54, 1.807) is 6.20 Å².